The van der Waals surface area contributed by atoms with E-state index in [4.69, 9.17) is 0 Å². The first kappa shape index (κ1) is 33.1. The van der Waals surface area contributed by atoms with Gasteiger partial charge in [0.1, 0.15) is 0 Å². The molecule has 2 nitrogen and oxygen atoms in total. The maximum absolute atomic E-state index is 3.28. The minimum atomic E-state index is 0.718. The Kier molecular flexibility index (Phi) is 21.9. The minimum absolute atomic E-state index is 0.718. The van der Waals surface area contributed by atoms with Crippen molar-refractivity contribution in [2.75, 3.05) is 32.7 Å². The van der Waals surface area contributed by atoms with E-state index in [0.29, 0.717) is 0 Å². The van der Waals surface area contributed by atoms with Gasteiger partial charge in [0.2, 0.25) is 0 Å². The molecular formula is C29H64N2. The highest BCUT2D eigenvalue weighted by atomic mass is 15.1. The van der Waals surface area contributed by atoms with Gasteiger partial charge in [-0.05, 0) is 94.3 Å². The largest absolute Gasteiger partial charge is 0.317 e. The van der Waals surface area contributed by atoms with Crippen molar-refractivity contribution in [3.63, 3.8) is 0 Å². The summed E-state index contributed by atoms with van der Waals surface area (Å²) < 4.78 is 0. The summed E-state index contributed by atoms with van der Waals surface area (Å²) in [7, 11) is 0. The van der Waals surface area contributed by atoms with Gasteiger partial charge >= 0.3 is 0 Å². The van der Waals surface area contributed by atoms with E-state index in [9.17, 15) is 0 Å². The molecule has 1 N–H and O–H groups in total. The van der Waals surface area contributed by atoms with Crippen molar-refractivity contribution >= 4 is 0 Å². The van der Waals surface area contributed by atoms with Crippen molar-refractivity contribution in [3.05, 3.63) is 0 Å². The Hall–Kier alpha value is -0.0800. The summed E-state index contributed by atoms with van der Waals surface area (Å²) in [6.45, 7) is 28.2. The predicted octanol–water partition coefficient (Wildman–Crippen LogP) is 8.94. The molecule has 0 radical (unpaired) electrons. The van der Waals surface area contributed by atoms with Crippen LogP contribution in [0.1, 0.15) is 140 Å². The van der Waals surface area contributed by atoms with Gasteiger partial charge in [-0.25, -0.2) is 0 Å². The zero-order valence-electron chi connectivity index (χ0n) is 23.8. The molecule has 1 aliphatic heterocycles. The maximum atomic E-state index is 3.28. The van der Waals surface area contributed by atoms with Crippen molar-refractivity contribution in [2.24, 2.45) is 16.7 Å². The lowest BCUT2D eigenvalue weighted by molar-refractivity contribution is -0.0180. The number of nitrogens with one attached hydrogen (secondary N) is 1. The van der Waals surface area contributed by atoms with Crippen molar-refractivity contribution in [1.82, 2.24) is 10.2 Å². The molecule has 2 saturated carbocycles. The van der Waals surface area contributed by atoms with Crippen LogP contribution in [0.3, 0.4) is 0 Å². The van der Waals surface area contributed by atoms with Crippen LogP contribution in [0.25, 0.3) is 0 Å². The topological polar surface area (TPSA) is 15.3 Å². The molecule has 0 aromatic rings. The molecule has 3 fully saturated rings. The lowest BCUT2D eigenvalue weighted by Crippen LogP contribution is -2.47. The molecule has 3 aliphatic rings. The van der Waals surface area contributed by atoms with Crippen LogP contribution in [0, 0.1) is 16.7 Å². The molecule has 0 aromatic carbocycles. The summed E-state index contributed by atoms with van der Waals surface area (Å²) >= 11 is 0. The fraction of sp³-hybridized carbons (Fsp3) is 1.00. The quantitative estimate of drug-likeness (QED) is 0.397. The van der Waals surface area contributed by atoms with E-state index in [1.807, 2.05) is 13.8 Å². The first-order valence-corrected chi connectivity index (χ1v) is 14.3. The monoisotopic (exact) mass is 441 g/mol. The van der Waals surface area contributed by atoms with Gasteiger partial charge in [0.25, 0.3) is 0 Å². The number of hydrogen-bond acceptors (Lipinski definition) is 2. The maximum Gasteiger partial charge on any atom is 0.00353 e. The molecule has 2 heteroatoms. The molecule has 3 rings (SSSR count). The lowest BCUT2D eigenvalue weighted by atomic mass is 9.57. The van der Waals surface area contributed by atoms with Crippen LogP contribution in [-0.2, 0) is 0 Å². The molecule has 1 spiro atoms. The zero-order valence-corrected chi connectivity index (χ0v) is 23.8. The van der Waals surface area contributed by atoms with Crippen LogP contribution in [0.2, 0.25) is 0 Å². The van der Waals surface area contributed by atoms with E-state index in [1.54, 1.807) is 12.8 Å². The molecule has 1 saturated heterocycles. The second-order valence-corrected chi connectivity index (χ2v) is 10.4. The van der Waals surface area contributed by atoms with Crippen LogP contribution in [-0.4, -0.2) is 37.6 Å². The van der Waals surface area contributed by atoms with Gasteiger partial charge in [-0.3, -0.25) is 0 Å². The molecular weight excluding hydrogens is 376 g/mol. The Morgan fingerprint density at radius 2 is 1.16 bits per heavy atom. The van der Waals surface area contributed by atoms with Crippen LogP contribution in [0.5, 0.6) is 0 Å². The fourth-order valence-electron chi connectivity index (χ4n) is 4.44. The van der Waals surface area contributed by atoms with Gasteiger partial charge in [0, 0.05) is 6.54 Å². The van der Waals surface area contributed by atoms with Crippen LogP contribution >= 0.6 is 0 Å². The number of nitrogens with zero attached hydrogens (tertiary/aromatic N) is 1. The molecule has 0 atom stereocenters. The molecule has 0 unspecified atom stereocenters. The Balaban J connectivity index is 0. The normalized spacial score (nSPS) is 20.3. The van der Waals surface area contributed by atoms with Crippen molar-refractivity contribution in [3.8, 4) is 0 Å². The molecule has 31 heavy (non-hydrogen) atoms. The second kappa shape index (κ2) is 20.5. The molecule has 2 aliphatic carbocycles. The number of rotatable bonds is 7. The standard InChI is InChI=1S/C15H27N.C6H15N.2C3H8.C2H6/c1-3-13-10-15(11-13)6-8-16(9-7-15)12-14(2)4-5-14;1-3-5-7-6-4-2;2*1-3-2;1-2/h13H,3-12H2,1-2H3;7H,3-6H2,1-2H3;2*3H2,1-2H3;1-2H3. The van der Waals surface area contributed by atoms with Crippen LogP contribution in [0.4, 0.5) is 0 Å². The van der Waals surface area contributed by atoms with Crippen LogP contribution < -0.4 is 5.32 Å². The number of hydrogen-bond donors (Lipinski definition) is 1. The second-order valence-electron chi connectivity index (χ2n) is 10.4. The molecule has 0 aromatic heterocycles. The lowest BCUT2D eigenvalue weighted by Gasteiger charge is -2.52. The van der Waals surface area contributed by atoms with Crippen LogP contribution in [0.15, 0.2) is 0 Å². The van der Waals surface area contributed by atoms with Gasteiger partial charge in [-0.15, -0.1) is 0 Å². The summed E-state index contributed by atoms with van der Waals surface area (Å²) in [5, 5.41) is 3.28. The average Bonchev–Trinajstić information content (AvgIpc) is 3.47. The predicted molar refractivity (Wildman–Crippen MR) is 145 cm³/mol. The van der Waals surface area contributed by atoms with Crippen molar-refractivity contribution in [2.45, 2.75) is 140 Å². The summed E-state index contributed by atoms with van der Waals surface area (Å²) in [4.78, 5) is 2.75. The third-order valence-corrected chi connectivity index (χ3v) is 6.50. The van der Waals surface area contributed by atoms with Gasteiger partial charge in [-0.2, -0.15) is 0 Å². The summed E-state index contributed by atoms with van der Waals surface area (Å²) in [5.74, 6) is 1.08. The number of piperidine rings is 1. The average molecular weight is 441 g/mol. The van der Waals surface area contributed by atoms with Gasteiger partial charge in [-0.1, -0.05) is 88.5 Å². The van der Waals surface area contributed by atoms with E-state index in [1.165, 1.54) is 90.5 Å². The molecule has 190 valence electrons. The smallest absolute Gasteiger partial charge is 0.00353 e. The first-order chi connectivity index (χ1) is 14.9. The number of likely N-dealkylation sites (tertiary alicyclic amines) is 1. The summed E-state index contributed by atoms with van der Waals surface area (Å²) in [6.07, 6.45) is 15.5. The molecule has 1 heterocycles. The highest BCUT2D eigenvalue weighted by Gasteiger charge is 2.46. The zero-order chi connectivity index (χ0) is 24.2. The minimum Gasteiger partial charge on any atom is -0.317 e. The van der Waals surface area contributed by atoms with E-state index in [-0.39, 0.29) is 0 Å². The molecule has 0 amide bonds. The van der Waals surface area contributed by atoms with E-state index < -0.39 is 0 Å². The SMILES string of the molecule is CC.CCC.CCC.CCC1CC2(CCN(CC3(C)CC3)CC2)C1.CCCNCCC. The Bertz CT molecular complexity index is 340. The Morgan fingerprint density at radius 1 is 0.742 bits per heavy atom. The van der Waals surface area contributed by atoms with Crippen molar-refractivity contribution in [1.29, 1.82) is 0 Å². The Labute approximate surface area is 199 Å². The van der Waals surface area contributed by atoms with Crippen molar-refractivity contribution < 1.29 is 0 Å². The third kappa shape index (κ3) is 16.2. The van der Waals surface area contributed by atoms with E-state index in [2.05, 4.69) is 65.6 Å². The first-order valence-electron chi connectivity index (χ1n) is 14.3. The molecule has 0 bridgehead atoms. The van der Waals surface area contributed by atoms with Gasteiger partial charge in [0.05, 0.1) is 0 Å². The highest BCUT2D eigenvalue weighted by molar-refractivity contribution is 4.98. The summed E-state index contributed by atoms with van der Waals surface area (Å²) in [6, 6.07) is 0. The highest BCUT2D eigenvalue weighted by Crippen LogP contribution is 2.54. The van der Waals surface area contributed by atoms with E-state index >= 15 is 0 Å². The third-order valence-electron chi connectivity index (χ3n) is 6.50. The van der Waals surface area contributed by atoms with E-state index in [0.717, 1.165) is 16.7 Å². The van der Waals surface area contributed by atoms with Gasteiger partial charge < -0.3 is 10.2 Å². The fourth-order valence-corrected chi connectivity index (χ4v) is 4.44. The Morgan fingerprint density at radius 3 is 1.48 bits per heavy atom. The van der Waals surface area contributed by atoms with Gasteiger partial charge in [0.15, 0.2) is 0 Å². The summed E-state index contributed by atoms with van der Waals surface area (Å²) in [5.41, 5.74) is 1.53.